The van der Waals surface area contributed by atoms with E-state index in [4.69, 9.17) is 10.8 Å². The largest absolute Gasteiger partial charge is 0.478 e. The van der Waals surface area contributed by atoms with Gasteiger partial charge in [0.2, 0.25) is 0 Å². The Labute approximate surface area is 96.4 Å². The standard InChI is InChI=1S/C10H12INO2/c1-2-9(12)6-3-4-8(11)7(5-6)10(13)14/h3-5,9H,2,12H2,1H3,(H,13,14). The Bertz CT molecular complexity index is 352. The number of hydrogen-bond donors (Lipinski definition) is 2. The van der Waals surface area contributed by atoms with E-state index in [2.05, 4.69) is 0 Å². The molecule has 14 heavy (non-hydrogen) atoms. The molecule has 1 atom stereocenters. The van der Waals surface area contributed by atoms with Crippen molar-refractivity contribution in [2.75, 3.05) is 0 Å². The Kier molecular flexibility index (Phi) is 3.88. The number of aromatic carboxylic acids is 1. The number of carbonyl (C=O) groups is 1. The molecule has 0 fully saturated rings. The molecule has 0 saturated heterocycles. The number of nitrogens with two attached hydrogens (primary N) is 1. The lowest BCUT2D eigenvalue weighted by molar-refractivity contribution is 0.0695. The second-order valence-corrected chi connectivity index (χ2v) is 4.22. The number of hydrogen-bond acceptors (Lipinski definition) is 2. The van der Waals surface area contributed by atoms with Gasteiger partial charge in [-0.2, -0.15) is 0 Å². The van der Waals surface area contributed by atoms with E-state index in [0.717, 1.165) is 15.6 Å². The first-order chi connectivity index (χ1) is 6.56. The molecule has 0 saturated carbocycles. The number of halogens is 1. The first-order valence-corrected chi connectivity index (χ1v) is 5.42. The van der Waals surface area contributed by atoms with Gasteiger partial charge in [0.1, 0.15) is 0 Å². The van der Waals surface area contributed by atoms with Gasteiger partial charge in [0.05, 0.1) is 5.56 Å². The van der Waals surface area contributed by atoms with Crippen molar-refractivity contribution in [3.8, 4) is 0 Å². The second-order valence-electron chi connectivity index (χ2n) is 3.06. The van der Waals surface area contributed by atoms with Crippen molar-refractivity contribution >= 4 is 28.6 Å². The summed E-state index contributed by atoms with van der Waals surface area (Å²) in [5, 5.41) is 8.90. The fourth-order valence-electron chi connectivity index (χ4n) is 1.17. The highest BCUT2D eigenvalue weighted by atomic mass is 127. The van der Waals surface area contributed by atoms with Gasteiger partial charge >= 0.3 is 5.97 Å². The molecule has 0 aliphatic carbocycles. The van der Waals surface area contributed by atoms with Crippen LogP contribution in [0.15, 0.2) is 18.2 Å². The molecule has 0 spiro atoms. The van der Waals surface area contributed by atoms with E-state index in [1.54, 1.807) is 12.1 Å². The van der Waals surface area contributed by atoms with Gasteiger partial charge in [0.25, 0.3) is 0 Å². The molecule has 1 aromatic rings. The zero-order valence-electron chi connectivity index (χ0n) is 7.83. The van der Waals surface area contributed by atoms with Gasteiger partial charge in [-0.05, 0) is 46.7 Å². The Balaban J connectivity index is 3.12. The van der Waals surface area contributed by atoms with Gasteiger partial charge in [-0.1, -0.05) is 13.0 Å². The summed E-state index contributed by atoms with van der Waals surface area (Å²) in [6.45, 7) is 1.98. The van der Waals surface area contributed by atoms with E-state index >= 15 is 0 Å². The van der Waals surface area contributed by atoms with Gasteiger partial charge in [0.15, 0.2) is 0 Å². The van der Waals surface area contributed by atoms with Crippen LogP contribution in [0.4, 0.5) is 0 Å². The molecule has 1 rings (SSSR count). The lowest BCUT2D eigenvalue weighted by Gasteiger charge is -2.10. The third-order valence-electron chi connectivity index (χ3n) is 2.09. The molecule has 0 aliphatic heterocycles. The quantitative estimate of drug-likeness (QED) is 0.843. The van der Waals surface area contributed by atoms with Gasteiger partial charge in [-0.3, -0.25) is 0 Å². The highest BCUT2D eigenvalue weighted by Crippen LogP contribution is 2.19. The van der Waals surface area contributed by atoms with Crippen molar-refractivity contribution in [2.45, 2.75) is 19.4 Å². The molecular formula is C10H12INO2. The summed E-state index contributed by atoms with van der Waals surface area (Å²) in [7, 11) is 0. The van der Waals surface area contributed by atoms with Crippen molar-refractivity contribution in [1.29, 1.82) is 0 Å². The molecule has 3 N–H and O–H groups in total. The second kappa shape index (κ2) is 4.75. The van der Waals surface area contributed by atoms with Crippen molar-refractivity contribution in [2.24, 2.45) is 5.73 Å². The Hall–Kier alpha value is -0.620. The number of benzene rings is 1. The van der Waals surface area contributed by atoms with Crippen LogP contribution >= 0.6 is 22.6 Å². The summed E-state index contributed by atoms with van der Waals surface area (Å²) in [6.07, 6.45) is 0.805. The molecule has 4 heteroatoms. The van der Waals surface area contributed by atoms with E-state index in [0.29, 0.717) is 5.56 Å². The highest BCUT2D eigenvalue weighted by molar-refractivity contribution is 14.1. The minimum atomic E-state index is -0.903. The summed E-state index contributed by atoms with van der Waals surface area (Å²) in [6, 6.07) is 5.24. The third kappa shape index (κ3) is 2.45. The fraction of sp³-hybridized carbons (Fsp3) is 0.300. The molecule has 0 aliphatic rings. The molecule has 1 aromatic carbocycles. The molecule has 0 heterocycles. The van der Waals surface area contributed by atoms with Crippen LogP contribution in [0.5, 0.6) is 0 Å². The summed E-state index contributed by atoms with van der Waals surface area (Å²) < 4.78 is 0.738. The smallest absolute Gasteiger partial charge is 0.336 e. The Morgan fingerprint density at radius 1 is 1.64 bits per heavy atom. The summed E-state index contributed by atoms with van der Waals surface area (Å²) in [5.74, 6) is -0.903. The summed E-state index contributed by atoms with van der Waals surface area (Å²) in [5.41, 5.74) is 7.02. The topological polar surface area (TPSA) is 63.3 Å². The maximum Gasteiger partial charge on any atom is 0.336 e. The van der Waals surface area contributed by atoms with Crippen molar-refractivity contribution in [1.82, 2.24) is 0 Å². The van der Waals surface area contributed by atoms with Crippen LogP contribution in [0.2, 0.25) is 0 Å². The van der Waals surface area contributed by atoms with E-state index in [1.807, 2.05) is 35.6 Å². The average molecular weight is 305 g/mol. The number of rotatable bonds is 3. The predicted octanol–water partition coefficient (Wildman–Crippen LogP) is 2.40. The number of carboxylic acids is 1. The van der Waals surface area contributed by atoms with Crippen LogP contribution in [0.25, 0.3) is 0 Å². The molecule has 0 radical (unpaired) electrons. The molecule has 3 nitrogen and oxygen atoms in total. The van der Waals surface area contributed by atoms with Gasteiger partial charge in [-0.25, -0.2) is 4.79 Å². The van der Waals surface area contributed by atoms with E-state index in [1.165, 1.54) is 0 Å². The normalized spacial score (nSPS) is 12.5. The zero-order chi connectivity index (χ0) is 10.7. The van der Waals surface area contributed by atoms with E-state index < -0.39 is 5.97 Å². The maximum atomic E-state index is 10.8. The van der Waals surface area contributed by atoms with Crippen LogP contribution in [0.1, 0.15) is 35.3 Å². The molecule has 0 bridgehead atoms. The Morgan fingerprint density at radius 2 is 2.29 bits per heavy atom. The number of carboxylic acid groups (broad SMARTS) is 1. The SMILES string of the molecule is CCC(N)c1ccc(I)c(C(=O)O)c1. The van der Waals surface area contributed by atoms with Crippen LogP contribution < -0.4 is 5.73 Å². The summed E-state index contributed by atoms with van der Waals surface area (Å²) in [4.78, 5) is 10.8. The van der Waals surface area contributed by atoms with Crippen molar-refractivity contribution in [3.63, 3.8) is 0 Å². The predicted molar refractivity (Wildman–Crippen MR) is 63.3 cm³/mol. The molecule has 0 amide bonds. The van der Waals surface area contributed by atoms with Gasteiger partial charge in [0, 0.05) is 9.61 Å². The van der Waals surface area contributed by atoms with Gasteiger partial charge < -0.3 is 10.8 Å². The lowest BCUT2D eigenvalue weighted by atomic mass is 10.0. The first-order valence-electron chi connectivity index (χ1n) is 4.34. The minimum Gasteiger partial charge on any atom is -0.478 e. The molecule has 1 unspecified atom stereocenters. The molecular weight excluding hydrogens is 293 g/mol. The van der Waals surface area contributed by atoms with Crippen molar-refractivity contribution in [3.05, 3.63) is 32.9 Å². The van der Waals surface area contributed by atoms with E-state index in [9.17, 15) is 4.79 Å². The van der Waals surface area contributed by atoms with Crippen LogP contribution in [0, 0.1) is 3.57 Å². The average Bonchev–Trinajstić information content (AvgIpc) is 2.17. The first kappa shape index (κ1) is 11.5. The zero-order valence-corrected chi connectivity index (χ0v) is 9.98. The van der Waals surface area contributed by atoms with Crippen LogP contribution in [-0.2, 0) is 0 Å². The minimum absolute atomic E-state index is 0.0786. The monoisotopic (exact) mass is 305 g/mol. The van der Waals surface area contributed by atoms with Crippen molar-refractivity contribution < 1.29 is 9.90 Å². The third-order valence-corrected chi connectivity index (χ3v) is 3.03. The maximum absolute atomic E-state index is 10.8. The van der Waals surface area contributed by atoms with Crippen LogP contribution in [-0.4, -0.2) is 11.1 Å². The van der Waals surface area contributed by atoms with Gasteiger partial charge in [-0.15, -0.1) is 0 Å². The fourth-order valence-corrected chi connectivity index (χ4v) is 1.74. The Morgan fingerprint density at radius 3 is 2.79 bits per heavy atom. The van der Waals surface area contributed by atoms with E-state index in [-0.39, 0.29) is 6.04 Å². The van der Waals surface area contributed by atoms with Crippen LogP contribution in [0.3, 0.4) is 0 Å². The highest BCUT2D eigenvalue weighted by Gasteiger charge is 2.11. The lowest BCUT2D eigenvalue weighted by Crippen LogP contribution is -2.10. The molecule has 0 aromatic heterocycles. The molecule has 76 valence electrons. The summed E-state index contributed by atoms with van der Waals surface area (Å²) >= 11 is 2.01.